The van der Waals surface area contributed by atoms with Gasteiger partial charge in [-0.1, -0.05) is 34.1 Å². The van der Waals surface area contributed by atoms with E-state index >= 15 is 0 Å². The quantitative estimate of drug-likeness (QED) is 0.758. The predicted molar refractivity (Wildman–Crippen MR) is 77.8 cm³/mol. The molecule has 2 unspecified atom stereocenters. The molecule has 4 nitrogen and oxygen atoms in total. The maximum atomic E-state index is 11.8. The molecule has 1 heterocycles. The van der Waals surface area contributed by atoms with Gasteiger partial charge in [-0.15, -0.1) is 0 Å². The summed E-state index contributed by atoms with van der Waals surface area (Å²) < 4.78 is 1.04. The smallest absolute Gasteiger partial charge is 0.220 e. The van der Waals surface area contributed by atoms with Gasteiger partial charge in [0.05, 0.1) is 6.10 Å². The van der Waals surface area contributed by atoms with Crippen molar-refractivity contribution in [1.82, 2.24) is 10.6 Å². The summed E-state index contributed by atoms with van der Waals surface area (Å²) in [5.74, 6) is 0.169. The van der Waals surface area contributed by atoms with E-state index in [1.165, 1.54) is 0 Å². The zero-order valence-electron chi connectivity index (χ0n) is 10.7. The van der Waals surface area contributed by atoms with Gasteiger partial charge < -0.3 is 15.7 Å². The minimum Gasteiger partial charge on any atom is -0.391 e. The standard InChI is InChI=1S/C14H19BrN2O2/c15-12-4-2-1-3-10(12)5-6-14(19)17-8-11-7-16-9-13(11)18/h1-4,11,13,16,18H,5-9H2,(H,17,19). The second-order valence-corrected chi connectivity index (χ2v) is 5.74. The topological polar surface area (TPSA) is 61.4 Å². The van der Waals surface area contributed by atoms with E-state index in [0.29, 0.717) is 19.5 Å². The van der Waals surface area contributed by atoms with Gasteiger partial charge in [-0.25, -0.2) is 0 Å². The molecule has 0 bridgehead atoms. The molecule has 1 fully saturated rings. The van der Waals surface area contributed by atoms with E-state index in [1.54, 1.807) is 0 Å². The summed E-state index contributed by atoms with van der Waals surface area (Å²) in [5, 5.41) is 15.6. The van der Waals surface area contributed by atoms with Gasteiger partial charge in [0.1, 0.15) is 0 Å². The van der Waals surface area contributed by atoms with E-state index in [4.69, 9.17) is 0 Å². The summed E-state index contributed by atoms with van der Waals surface area (Å²) in [6.07, 6.45) is 0.848. The third-order valence-electron chi connectivity index (χ3n) is 3.44. The Labute approximate surface area is 121 Å². The summed E-state index contributed by atoms with van der Waals surface area (Å²) in [6.45, 7) is 1.94. The van der Waals surface area contributed by atoms with Crippen LogP contribution in [-0.2, 0) is 11.2 Å². The molecule has 1 aromatic rings. The minimum atomic E-state index is -0.344. The lowest BCUT2D eigenvalue weighted by Crippen LogP contribution is -2.34. The van der Waals surface area contributed by atoms with Crippen LogP contribution in [0.15, 0.2) is 28.7 Å². The number of aryl methyl sites for hydroxylation is 1. The highest BCUT2D eigenvalue weighted by molar-refractivity contribution is 9.10. The van der Waals surface area contributed by atoms with E-state index in [1.807, 2.05) is 24.3 Å². The predicted octanol–water partition coefficient (Wildman–Crippen LogP) is 1.08. The number of amides is 1. The number of carbonyl (C=O) groups is 1. The molecule has 3 N–H and O–H groups in total. The Bertz CT molecular complexity index is 439. The van der Waals surface area contributed by atoms with Crippen molar-refractivity contribution in [1.29, 1.82) is 0 Å². The lowest BCUT2D eigenvalue weighted by Gasteiger charge is -2.14. The lowest BCUT2D eigenvalue weighted by atomic mass is 10.1. The number of halogens is 1. The molecule has 0 aromatic heterocycles. The van der Waals surface area contributed by atoms with Gasteiger partial charge in [0, 0.05) is 36.4 Å². The lowest BCUT2D eigenvalue weighted by molar-refractivity contribution is -0.121. The summed E-state index contributed by atoms with van der Waals surface area (Å²) in [5.41, 5.74) is 1.14. The van der Waals surface area contributed by atoms with E-state index in [-0.39, 0.29) is 17.9 Å². The van der Waals surface area contributed by atoms with Crippen LogP contribution in [0.2, 0.25) is 0 Å². The summed E-state index contributed by atoms with van der Waals surface area (Å²) in [4.78, 5) is 11.8. The van der Waals surface area contributed by atoms with Crippen molar-refractivity contribution < 1.29 is 9.90 Å². The molecule has 2 atom stereocenters. The van der Waals surface area contributed by atoms with Crippen molar-refractivity contribution in [2.24, 2.45) is 5.92 Å². The number of hydrogen-bond acceptors (Lipinski definition) is 3. The molecule has 1 aromatic carbocycles. The highest BCUT2D eigenvalue weighted by Gasteiger charge is 2.24. The molecule has 0 radical (unpaired) electrons. The Balaban J connectivity index is 1.71. The molecule has 1 saturated heterocycles. The van der Waals surface area contributed by atoms with Gasteiger partial charge in [-0.2, -0.15) is 0 Å². The maximum absolute atomic E-state index is 11.8. The van der Waals surface area contributed by atoms with Crippen molar-refractivity contribution in [3.8, 4) is 0 Å². The van der Waals surface area contributed by atoms with Crippen molar-refractivity contribution in [3.63, 3.8) is 0 Å². The van der Waals surface area contributed by atoms with Crippen molar-refractivity contribution in [2.45, 2.75) is 18.9 Å². The Kier molecular flexibility index (Phi) is 5.36. The van der Waals surface area contributed by atoms with Crippen LogP contribution in [0, 0.1) is 5.92 Å². The first kappa shape index (κ1) is 14.5. The second-order valence-electron chi connectivity index (χ2n) is 4.88. The normalized spacial score (nSPS) is 22.4. The fraction of sp³-hybridized carbons (Fsp3) is 0.500. The fourth-order valence-electron chi connectivity index (χ4n) is 2.21. The largest absolute Gasteiger partial charge is 0.391 e. The van der Waals surface area contributed by atoms with Crippen molar-refractivity contribution in [3.05, 3.63) is 34.3 Å². The molecule has 0 saturated carbocycles. The molecule has 1 aliphatic rings. The van der Waals surface area contributed by atoms with Crippen LogP contribution in [0.4, 0.5) is 0 Å². The van der Waals surface area contributed by atoms with E-state index < -0.39 is 0 Å². The first-order valence-corrected chi connectivity index (χ1v) is 7.35. The maximum Gasteiger partial charge on any atom is 0.220 e. The third-order valence-corrected chi connectivity index (χ3v) is 4.22. The van der Waals surface area contributed by atoms with Gasteiger partial charge in [-0.05, 0) is 18.1 Å². The molecule has 104 valence electrons. The number of aliphatic hydroxyl groups is 1. The molecule has 5 heteroatoms. The van der Waals surface area contributed by atoms with Gasteiger partial charge >= 0.3 is 0 Å². The number of carbonyl (C=O) groups excluding carboxylic acids is 1. The van der Waals surface area contributed by atoms with Crippen LogP contribution >= 0.6 is 15.9 Å². The molecular formula is C14H19BrN2O2. The highest BCUT2D eigenvalue weighted by Crippen LogP contribution is 2.17. The van der Waals surface area contributed by atoms with E-state index in [9.17, 15) is 9.90 Å². The van der Waals surface area contributed by atoms with Gasteiger partial charge in [-0.3, -0.25) is 4.79 Å². The van der Waals surface area contributed by atoms with Crippen LogP contribution in [0.3, 0.4) is 0 Å². The number of aliphatic hydroxyl groups excluding tert-OH is 1. The van der Waals surface area contributed by atoms with Crippen LogP contribution in [-0.4, -0.2) is 36.8 Å². The molecule has 19 heavy (non-hydrogen) atoms. The molecule has 2 rings (SSSR count). The Hall–Kier alpha value is -0.910. The number of hydrogen-bond donors (Lipinski definition) is 3. The number of benzene rings is 1. The average molecular weight is 327 g/mol. The molecular weight excluding hydrogens is 308 g/mol. The van der Waals surface area contributed by atoms with Gasteiger partial charge in [0.25, 0.3) is 0 Å². The number of rotatable bonds is 5. The van der Waals surface area contributed by atoms with Crippen LogP contribution in [0.25, 0.3) is 0 Å². The van der Waals surface area contributed by atoms with E-state index in [0.717, 1.165) is 23.0 Å². The SMILES string of the molecule is O=C(CCc1ccccc1Br)NCC1CNCC1O. The minimum absolute atomic E-state index is 0.0369. The Morgan fingerprint density at radius 2 is 2.21 bits per heavy atom. The first-order valence-electron chi connectivity index (χ1n) is 6.55. The summed E-state index contributed by atoms with van der Waals surface area (Å²) >= 11 is 3.47. The average Bonchev–Trinajstić information content (AvgIpc) is 2.81. The van der Waals surface area contributed by atoms with Crippen molar-refractivity contribution in [2.75, 3.05) is 19.6 Å². The fourth-order valence-corrected chi connectivity index (χ4v) is 2.69. The number of nitrogens with one attached hydrogen (secondary N) is 2. The van der Waals surface area contributed by atoms with Crippen LogP contribution in [0.5, 0.6) is 0 Å². The summed E-state index contributed by atoms with van der Waals surface area (Å²) in [7, 11) is 0. The van der Waals surface area contributed by atoms with Gasteiger partial charge in [0.2, 0.25) is 5.91 Å². The first-order chi connectivity index (χ1) is 9.16. The Morgan fingerprint density at radius 1 is 1.42 bits per heavy atom. The zero-order chi connectivity index (χ0) is 13.7. The molecule has 1 amide bonds. The van der Waals surface area contributed by atoms with Crippen LogP contribution < -0.4 is 10.6 Å². The third kappa shape index (κ3) is 4.30. The van der Waals surface area contributed by atoms with Gasteiger partial charge in [0.15, 0.2) is 0 Å². The molecule has 1 aliphatic heterocycles. The summed E-state index contributed by atoms with van der Waals surface area (Å²) in [6, 6.07) is 7.93. The molecule has 0 aliphatic carbocycles. The molecule has 0 spiro atoms. The van der Waals surface area contributed by atoms with E-state index in [2.05, 4.69) is 26.6 Å². The van der Waals surface area contributed by atoms with Crippen LogP contribution in [0.1, 0.15) is 12.0 Å². The Morgan fingerprint density at radius 3 is 2.89 bits per heavy atom. The zero-order valence-corrected chi connectivity index (χ0v) is 12.3. The monoisotopic (exact) mass is 326 g/mol. The second kappa shape index (κ2) is 7.03. The highest BCUT2D eigenvalue weighted by atomic mass is 79.9. The number of β-amino-alcohol motifs (C(OH)–C–C–N with tert-alkyl or cyclic N) is 1. The van der Waals surface area contributed by atoms with Crippen molar-refractivity contribution >= 4 is 21.8 Å².